The first-order valence-electron chi connectivity index (χ1n) is 4.55. The van der Waals surface area contributed by atoms with Crippen LogP contribution >= 0.6 is 0 Å². The summed E-state index contributed by atoms with van der Waals surface area (Å²) in [6, 6.07) is 9.96. The lowest BCUT2D eigenvalue weighted by atomic mass is 10.2. The van der Waals surface area contributed by atoms with Gasteiger partial charge in [-0.1, -0.05) is 37.3 Å². The first-order chi connectivity index (χ1) is 6.77. The predicted octanol–water partition coefficient (Wildman–Crippen LogP) is 2.23. The van der Waals surface area contributed by atoms with Gasteiger partial charge < -0.3 is 0 Å². The maximum absolute atomic E-state index is 4.07. The number of rotatable bonds is 2. The molecule has 1 aromatic carbocycles. The molecule has 0 saturated heterocycles. The zero-order chi connectivity index (χ0) is 9.97. The molecule has 0 spiro atoms. The first kappa shape index (κ1) is 8.94. The van der Waals surface area contributed by atoms with E-state index in [4.69, 9.17) is 0 Å². The van der Waals surface area contributed by atoms with Crippen LogP contribution < -0.4 is 0 Å². The topological polar surface area (TPSA) is 30.7 Å². The molecule has 2 rings (SSSR count). The van der Waals surface area contributed by atoms with E-state index in [9.17, 15) is 0 Å². The van der Waals surface area contributed by atoms with Gasteiger partial charge >= 0.3 is 0 Å². The Labute approximate surface area is 83.4 Å². The summed E-state index contributed by atoms with van der Waals surface area (Å²) in [5.74, 6) is 1.17. The number of aromatic nitrogens is 3. The average Bonchev–Trinajstić information content (AvgIpc) is 2.68. The second-order valence-electron chi connectivity index (χ2n) is 3.38. The van der Waals surface area contributed by atoms with E-state index < -0.39 is 0 Å². The number of hydrogen-bond donors (Lipinski definition) is 0. The third-order valence-corrected chi connectivity index (χ3v) is 2.03. The lowest BCUT2D eigenvalue weighted by Crippen LogP contribution is -1.93. The highest BCUT2D eigenvalue weighted by Gasteiger charge is 2.05. The van der Waals surface area contributed by atoms with Crippen LogP contribution in [0.4, 0.5) is 0 Å². The van der Waals surface area contributed by atoms with Gasteiger partial charge in [0.2, 0.25) is 0 Å². The molecule has 14 heavy (non-hydrogen) atoms. The van der Waals surface area contributed by atoms with Crippen molar-refractivity contribution in [3.8, 4) is 5.69 Å². The monoisotopic (exact) mass is 186 g/mol. The maximum atomic E-state index is 4.07. The highest BCUT2D eigenvalue weighted by Crippen LogP contribution is 2.11. The van der Waals surface area contributed by atoms with Gasteiger partial charge in [-0.2, -0.15) is 0 Å². The fourth-order valence-corrected chi connectivity index (χ4v) is 1.20. The van der Waals surface area contributed by atoms with Crippen molar-refractivity contribution in [1.82, 2.24) is 15.0 Å². The third kappa shape index (κ3) is 1.66. The number of hydrogen-bond acceptors (Lipinski definition) is 2. The molecule has 1 heterocycles. The van der Waals surface area contributed by atoms with Gasteiger partial charge in [0, 0.05) is 5.92 Å². The third-order valence-electron chi connectivity index (χ3n) is 2.03. The Morgan fingerprint density at radius 2 is 1.86 bits per heavy atom. The maximum Gasteiger partial charge on any atom is 0.0897 e. The van der Waals surface area contributed by atoms with Gasteiger partial charge in [0.25, 0.3) is 0 Å². The SMILES string of the molecule is C[C](C)c1cn(-c2ccccc2)nn1. The fraction of sp³-hybridized carbons (Fsp3) is 0.182. The van der Waals surface area contributed by atoms with Gasteiger partial charge in [0.15, 0.2) is 0 Å². The molecule has 0 bridgehead atoms. The summed E-state index contributed by atoms with van der Waals surface area (Å²) in [6.45, 7) is 4.05. The summed E-state index contributed by atoms with van der Waals surface area (Å²) < 4.78 is 1.78. The molecule has 0 N–H and O–H groups in total. The molecule has 0 fully saturated rings. The van der Waals surface area contributed by atoms with Gasteiger partial charge in [-0.05, 0) is 12.1 Å². The van der Waals surface area contributed by atoms with E-state index in [0.29, 0.717) is 0 Å². The van der Waals surface area contributed by atoms with Crippen molar-refractivity contribution in [3.63, 3.8) is 0 Å². The zero-order valence-electron chi connectivity index (χ0n) is 8.31. The Morgan fingerprint density at radius 1 is 1.14 bits per heavy atom. The van der Waals surface area contributed by atoms with Gasteiger partial charge in [-0.15, -0.1) is 5.10 Å². The van der Waals surface area contributed by atoms with E-state index in [2.05, 4.69) is 10.3 Å². The predicted molar refractivity (Wildman–Crippen MR) is 55.1 cm³/mol. The van der Waals surface area contributed by atoms with Crippen LogP contribution in [0.15, 0.2) is 36.5 Å². The minimum Gasteiger partial charge on any atom is -0.220 e. The molecular weight excluding hydrogens is 174 g/mol. The summed E-state index contributed by atoms with van der Waals surface area (Å²) in [4.78, 5) is 0. The normalized spacial score (nSPS) is 10.8. The van der Waals surface area contributed by atoms with Crippen LogP contribution in [-0.4, -0.2) is 15.0 Å². The molecule has 0 aliphatic carbocycles. The van der Waals surface area contributed by atoms with Crippen LogP contribution in [-0.2, 0) is 0 Å². The quantitative estimate of drug-likeness (QED) is 0.720. The number of benzene rings is 1. The van der Waals surface area contributed by atoms with Crippen molar-refractivity contribution >= 4 is 0 Å². The van der Waals surface area contributed by atoms with Crippen LogP contribution in [0.2, 0.25) is 0 Å². The van der Waals surface area contributed by atoms with Gasteiger partial charge in [0.05, 0.1) is 17.6 Å². The Morgan fingerprint density at radius 3 is 2.43 bits per heavy atom. The van der Waals surface area contributed by atoms with Crippen molar-refractivity contribution in [3.05, 3.63) is 48.1 Å². The molecular formula is C11H12N3. The molecule has 1 radical (unpaired) electrons. The van der Waals surface area contributed by atoms with E-state index >= 15 is 0 Å². The fourth-order valence-electron chi connectivity index (χ4n) is 1.20. The van der Waals surface area contributed by atoms with Crippen molar-refractivity contribution in [2.75, 3.05) is 0 Å². The van der Waals surface area contributed by atoms with E-state index in [-0.39, 0.29) is 0 Å². The molecule has 71 valence electrons. The molecule has 0 aliphatic rings. The lowest BCUT2D eigenvalue weighted by molar-refractivity contribution is 0.799. The molecule has 0 saturated carbocycles. The highest BCUT2D eigenvalue weighted by atomic mass is 15.4. The second-order valence-corrected chi connectivity index (χ2v) is 3.38. The van der Waals surface area contributed by atoms with Gasteiger partial charge in [-0.3, -0.25) is 0 Å². The molecule has 0 unspecified atom stereocenters. The first-order valence-corrected chi connectivity index (χ1v) is 4.55. The van der Waals surface area contributed by atoms with Crippen molar-refractivity contribution in [1.29, 1.82) is 0 Å². The Hall–Kier alpha value is -1.64. The molecule has 0 amide bonds. The van der Waals surface area contributed by atoms with Crippen molar-refractivity contribution in [2.24, 2.45) is 0 Å². The minimum absolute atomic E-state index is 0.939. The molecule has 3 nitrogen and oxygen atoms in total. The molecule has 3 heteroatoms. The van der Waals surface area contributed by atoms with Crippen LogP contribution in [0.5, 0.6) is 0 Å². The Kier molecular flexibility index (Phi) is 2.31. The van der Waals surface area contributed by atoms with E-state index in [1.54, 1.807) is 4.68 Å². The van der Waals surface area contributed by atoms with Crippen LogP contribution in [0.1, 0.15) is 19.5 Å². The molecule has 0 atom stereocenters. The van der Waals surface area contributed by atoms with Crippen LogP contribution in [0.3, 0.4) is 0 Å². The summed E-state index contributed by atoms with van der Waals surface area (Å²) in [6.07, 6.45) is 1.94. The summed E-state index contributed by atoms with van der Waals surface area (Å²) in [7, 11) is 0. The molecule has 0 aliphatic heterocycles. The second kappa shape index (κ2) is 3.62. The lowest BCUT2D eigenvalue weighted by Gasteiger charge is -1.98. The van der Waals surface area contributed by atoms with E-state index in [0.717, 1.165) is 11.4 Å². The van der Waals surface area contributed by atoms with Crippen LogP contribution in [0, 0.1) is 5.92 Å². The average molecular weight is 186 g/mol. The standard InChI is InChI=1S/C11H12N3/c1-9(2)11-8-14(13-12-11)10-6-4-3-5-7-10/h3-8H,1-2H3. The van der Waals surface area contributed by atoms with Crippen molar-refractivity contribution in [2.45, 2.75) is 13.8 Å². The number of nitrogens with zero attached hydrogens (tertiary/aromatic N) is 3. The Balaban J connectivity index is 2.34. The van der Waals surface area contributed by atoms with E-state index in [1.807, 2.05) is 50.4 Å². The molecule has 2 aromatic rings. The highest BCUT2D eigenvalue weighted by molar-refractivity contribution is 5.31. The number of para-hydroxylation sites is 1. The summed E-state index contributed by atoms with van der Waals surface area (Å²) >= 11 is 0. The summed E-state index contributed by atoms with van der Waals surface area (Å²) in [5, 5.41) is 8.12. The van der Waals surface area contributed by atoms with Gasteiger partial charge in [0.1, 0.15) is 0 Å². The van der Waals surface area contributed by atoms with Gasteiger partial charge in [-0.25, -0.2) is 4.68 Å². The van der Waals surface area contributed by atoms with Crippen LogP contribution in [0.25, 0.3) is 5.69 Å². The largest absolute Gasteiger partial charge is 0.220 e. The van der Waals surface area contributed by atoms with E-state index in [1.165, 1.54) is 5.92 Å². The summed E-state index contributed by atoms with van der Waals surface area (Å²) in [5.41, 5.74) is 1.97. The minimum atomic E-state index is 0.939. The zero-order valence-corrected chi connectivity index (χ0v) is 8.31. The molecule has 1 aromatic heterocycles. The Bertz CT molecular complexity index is 403. The smallest absolute Gasteiger partial charge is 0.0897 e. The van der Waals surface area contributed by atoms with Crippen molar-refractivity contribution < 1.29 is 0 Å².